The molecule has 1 amide bonds. The lowest BCUT2D eigenvalue weighted by Crippen LogP contribution is -2.37. The number of hydrogen-bond donors (Lipinski definition) is 2. The van der Waals surface area contributed by atoms with E-state index in [4.69, 9.17) is 17.0 Å². The highest BCUT2D eigenvalue weighted by Crippen LogP contribution is 2.25. The second-order valence-electron chi connectivity index (χ2n) is 6.74. The number of nitrogens with zero attached hydrogens (tertiary/aromatic N) is 1. The van der Waals surface area contributed by atoms with Gasteiger partial charge in [-0.1, -0.05) is 26.0 Å². The minimum Gasteiger partial charge on any atom is -0.484 e. The molecule has 2 aromatic rings. The normalized spacial score (nSPS) is 10.5. The predicted molar refractivity (Wildman–Crippen MR) is 113 cm³/mol. The molecule has 0 aliphatic heterocycles. The quantitative estimate of drug-likeness (QED) is 0.427. The van der Waals surface area contributed by atoms with E-state index in [9.17, 15) is 14.9 Å². The van der Waals surface area contributed by atoms with Crippen LogP contribution >= 0.6 is 12.2 Å². The zero-order valence-electron chi connectivity index (χ0n) is 16.2. The molecule has 0 spiro atoms. The minimum atomic E-state index is -0.508. The van der Waals surface area contributed by atoms with E-state index in [0.717, 1.165) is 11.1 Å². The van der Waals surface area contributed by atoms with Crippen LogP contribution in [0.1, 0.15) is 36.5 Å². The molecule has 0 bridgehead atoms. The fraction of sp³-hybridized carbons (Fsp3) is 0.300. The van der Waals surface area contributed by atoms with Crippen LogP contribution in [0.5, 0.6) is 5.75 Å². The molecule has 0 atom stereocenters. The fourth-order valence-electron chi connectivity index (χ4n) is 2.75. The van der Waals surface area contributed by atoms with Gasteiger partial charge in [-0.05, 0) is 66.9 Å². The molecule has 0 aliphatic carbocycles. The highest BCUT2D eigenvalue weighted by Gasteiger charge is 2.16. The number of amides is 1. The number of ether oxygens (including phenoxy) is 1. The molecular weight excluding hydrogens is 378 g/mol. The van der Waals surface area contributed by atoms with Crippen molar-refractivity contribution in [2.75, 3.05) is 11.9 Å². The largest absolute Gasteiger partial charge is 0.484 e. The summed E-state index contributed by atoms with van der Waals surface area (Å²) in [4.78, 5) is 22.7. The van der Waals surface area contributed by atoms with Crippen molar-refractivity contribution < 1.29 is 14.5 Å². The number of benzene rings is 2. The Labute approximate surface area is 169 Å². The number of rotatable bonds is 6. The summed E-state index contributed by atoms with van der Waals surface area (Å²) < 4.78 is 5.50. The SMILES string of the molecule is Cc1ccc(NC(=S)NC(=O)COc2ccc(C(C)C)c(C)c2)c([N+](=O)[O-])c1. The first kappa shape index (κ1) is 21.3. The number of carbonyl (C=O) groups excluding carboxylic acids is 1. The van der Waals surface area contributed by atoms with Gasteiger partial charge in [0.2, 0.25) is 0 Å². The Morgan fingerprint density at radius 2 is 1.93 bits per heavy atom. The van der Waals surface area contributed by atoms with E-state index in [1.54, 1.807) is 19.1 Å². The maximum atomic E-state index is 12.1. The smallest absolute Gasteiger partial charge is 0.292 e. The van der Waals surface area contributed by atoms with Gasteiger partial charge < -0.3 is 10.1 Å². The van der Waals surface area contributed by atoms with Crippen LogP contribution in [-0.4, -0.2) is 22.5 Å². The molecule has 0 aliphatic rings. The molecule has 2 N–H and O–H groups in total. The number of anilines is 1. The number of nitro benzene ring substituents is 1. The Balaban J connectivity index is 1.92. The molecule has 2 aromatic carbocycles. The third-order valence-electron chi connectivity index (χ3n) is 4.08. The Bertz CT molecular complexity index is 912. The molecule has 0 heterocycles. The average molecular weight is 401 g/mol. The average Bonchev–Trinajstić information content (AvgIpc) is 2.61. The first-order valence-electron chi connectivity index (χ1n) is 8.76. The molecular formula is C20H23N3O4S. The van der Waals surface area contributed by atoms with Crippen LogP contribution in [0.25, 0.3) is 0 Å². The van der Waals surface area contributed by atoms with Crippen molar-refractivity contribution >= 4 is 34.6 Å². The van der Waals surface area contributed by atoms with Crippen molar-refractivity contribution in [3.05, 3.63) is 63.2 Å². The van der Waals surface area contributed by atoms with Crippen LogP contribution in [0, 0.1) is 24.0 Å². The van der Waals surface area contributed by atoms with E-state index in [-0.39, 0.29) is 23.1 Å². The van der Waals surface area contributed by atoms with Gasteiger partial charge in [0.05, 0.1) is 4.92 Å². The lowest BCUT2D eigenvalue weighted by atomic mass is 9.98. The summed E-state index contributed by atoms with van der Waals surface area (Å²) >= 11 is 5.07. The van der Waals surface area contributed by atoms with E-state index >= 15 is 0 Å². The zero-order chi connectivity index (χ0) is 20.8. The van der Waals surface area contributed by atoms with Crippen LogP contribution in [0.2, 0.25) is 0 Å². The minimum absolute atomic E-state index is 0.0353. The van der Waals surface area contributed by atoms with Crippen LogP contribution in [0.3, 0.4) is 0 Å². The predicted octanol–water partition coefficient (Wildman–Crippen LogP) is 4.23. The van der Waals surface area contributed by atoms with Gasteiger partial charge in [-0.25, -0.2) is 0 Å². The maximum absolute atomic E-state index is 12.1. The number of carbonyl (C=O) groups is 1. The molecule has 0 aromatic heterocycles. The van der Waals surface area contributed by atoms with Crippen molar-refractivity contribution in [1.82, 2.24) is 5.32 Å². The van der Waals surface area contributed by atoms with Crippen LogP contribution < -0.4 is 15.4 Å². The Hall–Kier alpha value is -3.00. The first-order valence-corrected chi connectivity index (χ1v) is 9.17. The second-order valence-corrected chi connectivity index (χ2v) is 7.15. The molecule has 0 unspecified atom stereocenters. The summed E-state index contributed by atoms with van der Waals surface area (Å²) in [6.45, 7) is 7.75. The van der Waals surface area contributed by atoms with Gasteiger partial charge in [0, 0.05) is 6.07 Å². The molecule has 0 fully saturated rings. The number of nitrogens with one attached hydrogen (secondary N) is 2. The van der Waals surface area contributed by atoms with Gasteiger partial charge in [-0.15, -0.1) is 0 Å². The van der Waals surface area contributed by atoms with E-state index in [2.05, 4.69) is 24.5 Å². The highest BCUT2D eigenvalue weighted by atomic mass is 32.1. The number of thiocarbonyl (C=S) groups is 1. The van der Waals surface area contributed by atoms with Crippen LogP contribution in [-0.2, 0) is 4.79 Å². The number of hydrogen-bond acceptors (Lipinski definition) is 5. The molecule has 28 heavy (non-hydrogen) atoms. The first-order chi connectivity index (χ1) is 13.2. The second kappa shape index (κ2) is 9.27. The van der Waals surface area contributed by atoms with Crippen molar-refractivity contribution in [3.8, 4) is 5.75 Å². The summed E-state index contributed by atoms with van der Waals surface area (Å²) in [5, 5.41) is 16.2. The molecule has 0 saturated carbocycles. The van der Waals surface area contributed by atoms with E-state index in [1.807, 2.05) is 25.1 Å². The van der Waals surface area contributed by atoms with Crippen molar-refractivity contribution in [3.63, 3.8) is 0 Å². The molecule has 7 nitrogen and oxygen atoms in total. The third kappa shape index (κ3) is 5.75. The van der Waals surface area contributed by atoms with Gasteiger partial charge in [0.1, 0.15) is 11.4 Å². The molecule has 0 saturated heterocycles. The number of aryl methyl sites for hydroxylation is 2. The van der Waals surface area contributed by atoms with E-state index in [1.165, 1.54) is 11.6 Å². The molecule has 8 heteroatoms. The van der Waals surface area contributed by atoms with Gasteiger partial charge in [0.25, 0.3) is 11.6 Å². The lowest BCUT2D eigenvalue weighted by Gasteiger charge is -2.13. The summed E-state index contributed by atoms with van der Waals surface area (Å²) in [6, 6.07) is 10.4. The zero-order valence-corrected chi connectivity index (χ0v) is 17.1. The fourth-order valence-corrected chi connectivity index (χ4v) is 2.97. The van der Waals surface area contributed by atoms with E-state index in [0.29, 0.717) is 11.7 Å². The van der Waals surface area contributed by atoms with E-state index < -0.39 is 10.8 Å². The molecule has 2 rings (SSSR count). The Kier molecular flexibility index (Phi) is 7.06. The summed E-state index contributed by atoms with van der Waals surface area (Å²) in [5.41, 5.74) is 3.16. The topological polar surface area (TPSA) is 93.5 Å². The molecule has 148 valence electrons. The molecule has 0 radical (unpaired) electrons. The number of nitro groups is 1. The van der Waals surface area contributed by atoms with Gasteiger partial charge in [0.15, 0.2) is 11.7 Å². The summed E-state index contributed by atoms with van der Waals surface area (Å²) in [5.74, 6) is 0.537. The third-order valence-corrected chi connectivity index (χ3v) is 4.29. The monoisotopic (exact) mass is 401 g/mol. The Morgan fingerprint density at radius 3 is 2.54 bits per heavy atom. The van der Waals surface area contributed by atoms with Gasteiger partial charge in [-0.2, -0.15) is 0 Å². The van der Waals surface area contributed by atoms with Crippen molar-refractivity contribution in [1.29, 1.82) is 0 Å². The van der Waals surface area contributed by atoms with Crippen molar-refractivity contribution in [2.45, 2.75) is 33.6 Å². The highest BCUT2D eigenvalue weighted by molar-refractivity contribution is 7.80. The van der Waals surface area contributed by atoms with Gasteiger partial charge in [-0.3, -0.25) is 20.2 Å². The van der Waals surface area contributed by atoms with Gasteiger partial charge >= 0.3 is 0 Å². The summed E-state index contributed by atoms with van der Waals surface area (Å²) in [6.07, 6.45) is 0. The summed E-state index contributed by atoms with van der Waals surface area (Å²) in [7, 11) is 0. The maximum Gasteiger partial charge on any atom is 0.292 e. The lowest BCUT2D eigenvalue weighted by molar-refractivity contribution is -0.383. The van der Waals surface area contributed by atoms with Crippen molar-refractivity contribution in [2.24, 2.45) is 0 Å². The van der Waals surface area contributed by atoms with Crippen LogP contribution in [0.4, 0.5) is 11.4 Å². The Morgan fingerprint density at radius 1 is 1.21 bits per heavy atom. The standard InChI is InChI=1S/C20H23N3O4S/c1-12(2)16-7-6-15(10-14(16)4)27-11-19(24)22-20(28)21-17-8-5-13(3)9-18(17)23(25)26/h5-10,12H,11H2,1-4H3,(H2,21,22,24,28). The van der Waals surface area contributed by atoms with Crippen LogP contribution in [0.15, 0.2) is 36.4 Å².